The first-order valence-corrected chi connectivity index (χ1v) is 13.6. The van der Waals surface area contributed by atoms with Gasteiger partial charge >= 0.3 is 0 Å². The van der Waals surface area contributed by atoms with E-state index in [4.69, 9.17) is 19.8 Å². The predicted molar refractivity (Wildman–Crippen MR) is 150 cm³/mol. The zero-order valence-electron chi connectivity index (χ0n) is 22.7. The maximum Gasteiger partial charge on any atom is 0.270 e. The number of carbonyl (C=O) groups is 1. The lowest BCUT2D eigenvalue weighted by atomic mass is 10.1. The van der Waals surface area contributed by atoms with Gasteiger partial charge < -0.3 is 14.2 Å². The van der Waals surface area contributed by atoms with Gasteiger partial charge in [0.05, 0.1) is 41.3 Å². The number of aryl methyl sites for hydroxylation is 3. The highest BCUT2D eigenvalue weighted by atomic mass is 16.5. The molecule has 0 aromatic carbocycles. The van der Waals surface area contributed by atoms with Crippen molar-refractivity contribution in [2.24, 2.45) is 7.05 Å². The average molecular weight is 522 g/mol. The third-order valence-corrected chi connectivity index (χ3v) is 8.25. The van der Waals surface area contributed by atoms with E-state index >= 15 is 0 Å². The summed E-state index contributed by atoms with van der Waals surface area (Å²) in [6.45, 7) is 5.72. The number of amides is 1. The van der Waals surface area contributed by atoms with Crippen LogP contribution in [0.2, 0.25) is 0 Å². The minimum atomic E-state index is 0.119. The number of carbonyl (C=O) groups excluding carboxylic acids is 1. The highest BCUT2D eigenvalue weighted by Crippen LogP contribution is 2.44. The van der Waals surface area contributed by atoms with Gasteiger partial charge in [-0.25, -0.2) is 9.67 Å². The van der Waals surface area contributed by atoms with Crippen molar-refractivity contribution in [1.82, 2.24) is 34.2 Å². The van der Waals surface area contributed by atoms with Crippen LogP contribution in [0, 0.1) is 13.8 Å². The van der Waals surface area contributed by atoms with Crippen molar-refractivity contribution in [3.63, 3.8) is 0 Å². The van der Waals surface area contributed by atoms with Gasteiger partial charge in [-0.2, -0.15) is 5.10 Å². The lowest BCUT2D eigenvalue weighted by Gasteiger charge is -2.16. The van der Waals surface area contributed by atoms with Gasteiger partial charge in [0.1, 0.15) is 11.4 Å². The lowest BCUT2D eigenvalue weighted by molar-refractivity contribution is 0.0783. The molecule has 1 aliphatic carbocycles. The van der Waals surface area contributed by atoms with E-state index in [0.717, 1.165) is 100 Å². The van der Waals surface area contributed by atoms with Crippen LogP contribution in [-0.2, 0) is 7.05 Å². The van der Waals surface area contributed by atoms with Gasteiger partial charge in [-0.05, 0) is 57.2 Å². The second kappa shape index (κ2) is 8.90. The molecule has 0 atom stereocenters. The number of hydrogen-bond donors (Lipinski definition) is 0. The Bertz CT molecular complexity index is 1770. The maximum absolute atomic E-state index is 13.6. The fraction of sp³-hybridized carbons (Fsp3) is 0.367. The van der Waals surface area contributed by atoms with Crippen LogP contribution >= 0.6 is 0 Å². The molecule has 198 valence electrons. The quantitative estimate of drug-likeness (QED) is 0.319. The molecular formula is C30H31N7O2. The molecule has 2 aliphatic rings. The van der Waals surface area contributed by atoms with Crippen molar-refractivity contribution < 1.29 is 9.53 Å². The van der Waals surface area contributed by atoms with E-state index in [1.807, 2.05) is 41.9 Å². The van der Waals surface area contributed by atoms with Crippen LogP contribution in [0.15, 0.2) is 36.8 Å². The van der Waals surface area contributed by atoms with Gasteiger partial charge in [0, 0.05) is 61.0 Å². The molecule has 2 fully saturated rings. The average Bonchev–Trinajstić information content (AvgIpc) is 3.36. The molecule has 7 rings (SSSR count). The lowest BCUT2D eigenvalue weighted by Crippen LogP contribution is -2.29. The largest absolute Gasteiger partial charge is 0.496 e. The van der Waals surface area contributed by atoms with Crippen molar-refractivity contribution in [3.8, 4) is 22.8 Å². The Morgan fingerprint density at radius 3 is 2.59 bits per heavy atom. The minimum Gasteiger partial charge on any atom is -0.496 e. The summed E-state index contributed by atoms with van der Waals surface area (Å²) < 4.78 is 9.54. The van der Waals surface area contributed by atoms with Gasteiger partial charge in [0.15, 0.2) is 5.82 Å². The second-order valence-corrected chi connectivity index (χ2v) is 10.7. The highest BCUT2D eigenvalue weighted by molar-refractivity contribution is 6.03. The monoisotopic (exact) mass is 521 g/mol. The topological polar surface area (TPSA) is 91.0 Å². The summed E-state index contributed by atoms with van der Waals surface area (Å²) in [5, 5.41) is 6.85. The third-order valence-electron chi connectivity index (χ3n) is 8.25. The van der Waals surface area contributed by atoms with Crippen LogP contribution < -0.4 is 4.74 Å². The fourth-order valence-electron chi connectivity index (χ4n) is 6.06. The van der Waals surface area contributed by atoms with Gasteiger partial charge in [-0.15, -0.1) is 0 Å². The highest BCUT2D eigenvalue weighted by Gasteiger charge is 2.33. The van der Waals surface area contributed by atoms with E-state index in [0.29, 0.717) is 11.7 Å². The number of pyridine rings is 3. The number of hydrogen-bond acceptors (Lipinski definition) is 6. The molecule has 5 aromatic heterocycles. The summed E-state index contributed by atoms with van der Waals surface area (Å²) in [5.41, 5.74) is 7.26. The van der Waals surface area contributed by atoms with Crippen molar-refractivity contribution in [3.05, 3.63) is 59.4 Å². The van der Waals surface area contributed by atoms with Crippen LogP contribution in [0.25, 0.3) is 38.9 Å². The molecule has 39 heavy (non-hydrogen) atoms. The number of nitrogens with zero attached hydrogens (tertiary/aromatic N) is 7. The fourth-order valence-corrected chi connectivity index (χ4v) is 6.06. The smallest absolute Gasteiger partial charge is 0.270 e. The van der Waals surface area contributed by atoms with E-state index in [1.54, 1.807) is 19.5 Å². The van der Waals surface area contributed by atoms with E-state index in [9.17, 15) is 4.79 Å². The first-order chi connectivity index (χ1) is 19.0. The summed E-state index contributed by atoms with van der Waals surface area (Å²) in [4.78, 5) is 29.9. The molecular weight excluding hydrogens is 490 g/mol. The van der Waals surface area contributed by atoms with Crippen LogP contribution in [-0.4, -0.2) is 60.3 Å². The SMILES string of the molecule is COc1ccncc1-c1cc2c(cnn2-c2cc3c(c(C4CC4)n2)c(C)c(C(=O)N2CCCC2)n3C)c(C)n1. The summed E-state index contributed by atoms with van der Waals surface area (Å²) in [5.74, 6) is 1.99. The molecule has 1 aliphatic heterocycles. The third kappa shape index (κ3) is 3.71. The molecule has 0 N–H and O–H groups in total. The number of methoxy groups -OCH3 is 1. The first kappa shape index (κ1) is 23.8. The molecule has 6 heterocycles. The van der Waals surface area contributed by atoms with E-state index in [-0.39, 0.29) is 5.91 Å². The normalized spacial score (nSPS) is 15.5. The van der Waals surface area contributed by atoms with Crippen molar-refractivity contribution >= 4 is 27.7 Å². The second-order valence-electron chi connectivity index (χ2n) is 10.7. The number of likely N-dealkylation sites (tertiary alicyclic amines) is 1. The van der Waals surface area contributed by atoms with Crippen LogP contribution in [0.3, 0.4) is 0 Å². The summed E-state index contributed by atoms with van der Waals surface area (Å²) in [6, 6.07) is 5.93. The van der Waals surface area contributed by atoms with Crippen molar-refractivity contribution in [2.45, 2.75) is 45.4 Å². The Balaban J connectivity index is 1.43. The van der Waals surface area contributed by atoms with Gasteiger partial charge in [-0.3, -0.25) is 14.8 Å². The van der Waals surface area contributed by atoms with Crippen LogP contribution in [0.5, 0.6) is 5.75 Å². The maximum atomic E-state index is 13.6. The number of fused-ring (bicyclic) bond motifs is 2. The molecule has 0 bridgehead atoms. The summed E-state index contributed by atoms with van der Waals surface area (Å²) >= 11 is 0. The molecule has 9 nitrogen and oxygen atoms in total. The molecule has 0 radical (unpaired) electrons. The predicted octanol–water partition coefficient (Wildman–Crippen LogP) is 5.11. The molecule has 1 amide bonds. The number of aromatic nitrogens is 6. The van der Waals surface area contributed by atoms with E-state index < -0.39 is 0 Å². The Morgan fingerprint density at radius 2 is 1.85 bits per heavy atom. The Morgan fingerprint density at radius 1 is 1.05 bits per heavy atom. The number of rotatable bonds is 5. The van der Waals surface area contributed by atoms with Crippen LogP contribution in [0.4, 0.5) is 0 Å². The van der Waals surface area contributed by atoms with Crippen LogP contribution in [0.1, 0.15) is 59.0 Å². The zero-order valence-corrected chi connectivity index (χ0v) is 22.7. The molecule has 1 saturated carbocycles. The van der Waals surface area contributed by atoms with Crippen molar-refractivity contribution in [2.75, 3.05) is 20.2 Å². The summed E-state index contributed by atoms with van der Waals surface area (Å²) in [7, 11) is 3.65. The molecule has 1 saturated heterocycles. The Kier molecular flexibility index (Phi) is 5.43. The van der Waals surface area contributed by atoms with Gasteiger partial charge in [-0.1, -0.05) is 0 Å². The molecule has 5 aromatic rings. The van der Waals surface area contributed by atoms with E-state index in [2.05, 4.69) is 22.5 Å². The van der Waals surface area contributed by atoms with Gasteiger partial charge in [0.25, 0.3) is 5.91 Å². The Labute approximate surface area is 226 Å². The molecule has 0 unspecified atom stereocenters. The van der Waals surface area contributed by atoms with Crippen molar-refractivity contribution in [1.29, 1.82) is 0 Å². The summed E-state index contributed by atoms with van der Waals surface area (Å²) in [6.07, 6.45) is 9.70. The molecule has 0 spiro atoms. The standard InChI is InChI=1S/C30H31N7O2/c1-17-27-24(35(3)29(17)30(38)36-11-5-6-12-36)14-26(34-28(27)19-7-8-19)37-23-13-22(33-18(2)20(23)16-32-37)21-15-31-10-9-25(21)39-4/h9-10,13-16,19H,5-8,11-12H2,1-4H3. The molecule has 9 heteroatoms. The first-order valence-electron chi connectivity index (χ1n) is 13.6. The number of ether oxygens (including phenoxy) is 1. The Hall–Kier alpha value is -4.27. The minimum absolute atomic E-state index is 0.119. The van der Waals surface area contributed by atoms with E-state index in [1.165, 1.54) is 0 Å². The van der Waals surface area contributed by atoms with Gasteiger partial charge in [0.2, 0.25) is 0 Å². The zero-order chi connectivity index (χ0) is 26.8.